The number of piperidine rings is 1. The summed E-state index contributed by atoms with van der Waals surface area (Å²) in [5.74, 6) is 0.0350. The van der Waals surface area contributed by atoms with Gasteiger partial charge < -0.3 is 15.2 Å². The Morgan fingerprint density at radius 2 is 2.03 bits per heavy atom. The summed E-state index contributed by atoms with van der Waals surface area (Å²) in [7, 11) is 0. The number of pyridine rings is 2. The largest absolute Gasteiger partial charge is 0.389 e. The molecule has 2 aliphatic heterocycles. The number of benzene rings is 1. The normalized spacial score (nSPS) is 28.5. The lowest BCUT2D eigenvalue weighted by atomic mass is 9.85. The van der Waals surface area contributed by atoms with Crippen molar-refractivity contribution in [2.75, 3.05) is 31.6 Å². The van der Waals surface area contributed by atoms with Gasteiger partial charge in [0.1, 0.15) is 11.6 Å². The molecule has 2 saturated heterocycles. The molecule has 9 heteroatoms. The van der Waals surface area contributed by atoms with Crippen LogP contribution in [-0.2, 0) is 9.53 Å². The highest BCUT2D eigenvalue weighted by atomic mass is 35.5. The van der Waals surface area contributed by atoms with E-state index in [-0.39, 0.29) is 29.1 Å². The monoisotopic (exact) mass is 524 g/mol. The van der Waals surface area contributed by atoms with E-state index in [1.165, 1.54) is 18.3 Å². The smallest absolute Gasteiger partial charge is 0.229 e. The van der Waals surface area contributed by atoms with E-state index in [0.29, 0.717) is 37.1 Å². The minimum atomic E-state index is -0.467. The zero-order chi connectivity index (χ0) is 25.7. The third-order valence-corrected chi connectivity index (χ3v) is 8.71. The molecule has 2 aromatic heterocycles. The molecule has 1 aromatic carbocycles. The van der Waals surface area contributed by atoms with Crippen LogP contribution in [0.3, 0.4) is 0 Å². The molecule has 3 aliphatic rings. The first kappa shape index (κ1) is 24.7. The number of carbonyl (C=O) groups is 1. The van der Waals surface area contributed by atoms with E-state index in [0.717, 1.165) is 47.3 Å². The van der Waals surface area contributed by atoms with Crippen LogP contribution in [0.15, 0.2) is 42.7 Å². The second-order valence-corrected chi connectivity index (χ2v) is 11.2. The van der Waals surface area contributed by atoms with Gasteiger partial charge in [0.05, 0.1) is 24.9 Å². The number of rotatable bonds is 5. The maximum Gasteiger partial charge on any atom is 0.229 e. The number of hydrogen-bond acceptors (Lipinski definition) is 6. The number of likely N-dealkylation sites (tertiary alicyclic amines) is 1. The number of carbonyl (C=O) groups excluding carboxylic acids is 1. The number of amides is 1. The first-order chi connectivity index (χ1) is 17.8. The number of anilines is 1. The quantitative estimate of drug-likeness (QED) is 0.511. The summed E-state index contributed by atoms with van der Waals surface area (Å²) in [4.78, 5) is 23.8. The van der Waals surface area contributed by atoms with E-state index in [4.69, 9.17) is 16.3 Å². The average Bonchev–Trinajstić information content (AvgIpc) is 3.63. The summed E-state index contributed by atoms with van der Waals surface area (Å²) in [5, 5.41) is 15.9. The zero-order valence-corrected chi connectivity index (χ0v) is 21.4. The third-order valence-electron chi connectivity index (χ3n) is 8.38. The molecule has 0 unspecified atom stereocenters. The predicted octanol–water partition coefficient (Wildman–Crippen LogP) is 4.49. The van der Waals surface area contributed by atoms with Crippen LogP contribution in [0.1, 0.15) is 49.3 Å². The van der Waals surface area contributed by atoms with Crippen molar-refractivity contribution in [1.29, 1.82) is 0 Å². The first-order valence-corrected chi connectivity index (χ1v) is 13.2. The lowest BCUT2D eigenvalue weighted by Crippen LogP contribution is -2.56. The van der Waals surface area contributed by atoms with Crippen LogP contribution in [-0.4, -0.2) is 63.8 Å². The molecule has 7 nitrogen and oxygen atoms in total. The van der Waals surface area contributed by atoms with E-state index < -0.39 is 6.10 Å². The summed E-state index contributed by atoms with van der Waals surface area (Å²) in [6, 6.07) is 8.64. The van der Waals surface area contributed by atoms with Crippen LogP contribution in [0.5, 0.6) is 0 Å². The van der Waals surface area contributed by atoms with Crippen molar-refractivity contribution in [3.8, 4) is 0 Å². The van der Waals surface area contributed by atoms with Crippen molar-refractivity contribution >= 4 is 34.1 Å². The van der Waals surface area contributed by atoms with Crippen LogP contribution < -0.4 is 5.32 Å². The summed E-state index contributed by atoms with van der Waals surface area (Å²) in [5.41, 5.74) is 1.38. The molecule has 37 heavy (non-hydrogen) atoms. The molecular formula is C28H30ClFN4O3. The van der Waals surface area contributed by atoms with Gasteiger partial charge in [0.15, 0.2) is 0 Å². The molecule has 0 radical (unpaired) electrons. The van der Waals surface area contributed by atoms with E-state index in [1.807, 2.05) is 12.1 Å². The Morgan fingerprint density at radius 3 is 2.76 bits per heavy atom. The number of nitrogens with zero attached hydrogens (tertiary/aromatic N) is 3. The molecule has 4 atom stereocenters. The molecule has 6 rings (SSSR count). The topological polar surface area (TPSA) is 87.6 Å². The van der Waals surface area contributed by atoms with Crippen LogP contribution >= 0.6 is 11.6 Å². The summed E-state index contributed by atoms with van der Waals surface area (Å²) in [6.07, 6.45) is 5.23. The maximum absolute atomic E-state index is 13.5. The Balaban J connectivity index is 1.14. The van der Waals surface area contributed by atoms with Crippen molar-refractivity contribution < 1.29 is 19.0 Å². The van der Waals surface area contributed by atoms with Crippen molar-refractivity contribution in [2.45, 2.75) is 49.7 Å². The van der Waals surface area contributed by atoms with E-state index in [9.17, 15) is 14.3 Å². The van der Waals surface area contributed by atoms with Crippen molar-refractivity contribution in [3.05, 3.63) is 64.8 Å². The average molecular weight is 525 g/mol. The number of aliphatic hydroxyl groups excluding tert-OH is 1. The number of nitrogens with one attached hydrogen (secondary N) is 1. The number of hydrogen-bond donors (Lipinski definition) is 2. The van der Waals surface area contributed by atoms with Gasteiger partial charge in [0, 0.05) is 40.3 Å². The van der Waals surface area contributed by atoms with E-state index in [2.05, 4.69) is 33.2 Å². The van der Waals surface area contributed by atoms with Gasteiger partial charge in [0.25, 0.3) is 0 Å². The highest BCUT2D eigenvalue weighted by Crippen LogP contribution is 2.47. The number of aliphatic hydroxyl groups is 1. The lowest BCUT2D eigenvalue weighted by molar-refractivity contribution is -0.117. The number of ether oxygens (including phenoxy) is 1. The summed E-state index contributed by atoms with van der Waals surface area (Å²) < 4.78 is 19.0. The fourth-order valence-electron chi connectivity index (χ4n) is 5.88. The number of halogens is 2. The number of aromatic nitrogens is 2. The minimum Gasteiger partial charge on any atom is -0.389 e. The summed E-state index contributed by atoms with van der Waals surface area (Å²) in [6.45, 7) is 4.77. The van der Waals surface area contributed by atoms with Gasteiger partial charge in [-0.1, -0.05) is 11.6 Å². The summed E-state index contributed by atoms with van der Waals surface area (Å²) >= 11 is 6.71. The van der Waals surface area contributed by atoms with Gasteiger partial charge in [-0.3, -0.25) is 14.7 Å². The molecule has 3 aromatic rings. The highest BCUT2D eigenvalue weighted by Gasteiger charge is 2.46. The fraction of sp³-hybridized carbons (Fsp3) is 0.464. The van der Waals surface area contributed by atoms with Crippen LogP contribution in [0.2, 0.25) is 5.02 Å². The Labute approximate surface area is 220 Å². The van der Waals surface area contributed by atoms with E-state index >= 15 is 0 Å². The van der Waals surface area contributed by atoms with Gasteiger partial charge in [0.2, 0.25) is 5.91 Å². The van der Waals surface area contributed by atoms with Gasteiger partial charge in [-0.15, -0.1) is 0 Å². The Hall–Kier alpha value is -2.65. The molecule has 194 valence electrons. The SMILES string of the molecule is C[C@]1(N2CCC(c3cc4cc(NC(=O)[C@H]5C[C@@H]5c5cc(F)ccn5)ncc4cc3Cl)CC2)COC[C@H]1O. The molecule has 3 fully saturated rings. The van der Waals surface area contributed by atoms with Crippen LogP contribution in [0, 0.1) is 11.7 Å². The predicted molar refractivity (Wildman–Crippen MR) is 139 cm³/mol. The fourth-order valence-corrected chi connectivity index (χ4v) is 6.20. The molecular weight excluding hydrogens is 495 g/mol. The Kier molecular flexibility index (Phi) is 6.39. The highest BCUT2D eigenvalue weighted by molar-refractivity contribution is 6.32. The second kappa shape index (κ2) is 9.58. The van der Waals surface area contributed by atoms with Gasteiger partial charge in [-0.25, -0.2) is 9.37 Å². The molecule has 0 bridgehead atoms. The molecule has 4 heterocycles. The second-order valence-electron chi connectivity index (χ2n) is 10.8. The van der Waals surface area contributed by atoms with Gasteiger partial charge in [-0.2, -0.15) is 0 Å². The third kappa shape index (κ3) is 4.72. The molecule has 2 N–H and O–H groups in total. The van der Waals surface area contributed by atoms with Crippen LogP contribution in [0.4, 0.5) is 10.2 Å². The maximum atomic E-state index is 13.5. The van der Waals surface area contributed by atoms with Crippen molar-refractivity contribution in [3.63, 3.8) is 0 Å². The van der Waals surface area contributed by atoms with Crippen molar-refractivity contribution in [2.24, 2.45) is 5.92 Å². The minimum absolute atomic E-state index is 0.0633. The molecule has 0 spiro atoms. The van der Waals surface area contributed by atoms with Gasteiger partial charge >= 0.3 is 0 Å². The zero-order valence-electron chi connectivity index (χ0n) is 20.7. The van der Waals surface area contributed by atoms with E-state index in [1.54, 1.807) is 6.20 Å². The standard InChI is InChI=1S/C28H30ClFN4O3/c1-28(15-37-14-25(28)35)34-6-3-16(4-7-34)20-8-17-10-26(32-13-18(17)9-23(20)29)33-27(36)22-12-21(22)24-11-19(30)2-5-31-24/h2,5,8-11,13,16,21-22,25,35H,3-4,6-7,12,14-15H2,1H3,(H,32,33,36)/t21-,22-,25+,28-/m0/s1. The molecule has 1 amide bonds. The van der Waals surface area contributed by atoms with Gasteiger partial charge in [-0.05, 0) is 86.5 Å². The lowest BCUT2D eigenvalue weighted by Gasteiger charge is -2.43. The number of fused-ring (bicyclic) bond motifs is 1. The molecule has 1 aliphatic carbocycles. The van der Waals surface area contributed by atoms with Crippen LogP contribution in [0.25, 0.3) is 10.8 Å². The Bertz CT molecular complexity index is 1350. The molecule has 1 saturated carbocycles. The first-order valence-electron chi connectivity index (χ1n) is 12.8. The Morgan fingerprint density at radius 1 is 1.22 bits per heavy atom. The van der Waals surface area contributed by atoms with Crippen molar-refractivity contribution in [1.82, 2.24) is 14.9 Å².